The fraction of sp³-hybridized carbons (Fsp3) is 0.692. The van der Waals surface area contributed by atoms with Crippen molar-refractivity contribution in [2.24, 2.45) is 0 Å². The van der Waals surface area contributed by atoms with Crippen molar-refractivity contribution in [1.82, 2.24) is 10.2 Å². The van der Waals surface area contributed by atoms with Crippen molar-refractivity contribution in [3.05, 3.63) is 20.8 Å². The van der Waals surface area contributed by atoms with Crippen LogP contribution in [0.25, 0.3) is 0 Å². The van der Waals surface area contributed by atoms with Gasteiger partial charge in [-0.15, -0.1) is 11.3 Å². The number of likely N-dealkylation sites (N-methyl/N-ethyl adjacent to an activating group) is 1. The first kappa shape index (κ1) is 13.1. The Morgan fingerprint density at radius 1 is 1.50 bits per heavy atom. The summed E-state index contributed by atoms with van der Waals surface area (Å²) in [6, 6.07) is 5.49. The predicted molar refractivity (Wildman–Crippen MR) is 78.2 cm³/mol. The van der Waals surface area contributed by atoms with Gasteiger partial charge in [-0.2, -0.15) is 0 Å². The molecule has 18 heavy (non-hydrogen) atoms. The summed E-state index contributed by atoms with van der Waals surface area (Å²) in [4.78, 5) is 3.81. The Bertz CT molecular complexity index is 407. The highest BCUT2D eigenvalue weighted by Gasteiger charge is 2.33. The maximum Gasteiger partial charge on any atom is 0.0904 e. The SMILES string of the molecule is CN1CCOC(CNC2CC2)C1c1ccc(Br)s1. The predicted octanol–water partition coefficient (Wildman–Crippen LogP) is 2.63. The molecule has 5 heteroatoms. The van der Waals surface area contributed by atoms with Gasteiger partial charge in [-0.05, 0) is 48.0 Å². The molecular weight excluding hydrogens is 312 g/mol. The lowest BCUT2D eigenvalue weighted by Gasteiger charge is -2.38. The number of ether oxygens (including phenoxy) is 1. The van der Waals surface area contributed by atoms with Crippen LogP contribution in [0.3, 0.4) is 0 Å². The summed E-state index contributed by atoms with van der Waals surface area (Å²) in [5.74, 6) is 0. The van der Waals surface area contributed by atoms with Crippen LogP contribution in [0.4, 0.5) is 0 Å². The van der Waals surface area contributed by atoms with E-state index in [1.54, 1.807) is 0 Å². The fourth-order valence-corrected chi connectivity index (χ4v) is 4.13. The molecule has 1 saturated carbocycles. The number of halogens is 1. The van der Waals surface area contributed by atoms with Crippen LogP contribution in [0.5, 0.6) is 0 Å². The van der Waals surface area contributed by atoms with E-state index in [1.807, 2.05) is 11.3 Å². The zero-order chi connectivity index (χ0) is 12.5. The van der Waals surface area contributed by atoms with Crippen LogP contribution in [0.2, 0.25) is 0 Å². The molecule has 3 nitrogen and oxygen atoms in total. The smallest absolute Gasteiger partial charge is 0.0904 e. The summed E-state index contributed by atoms with van der Waals surface area (Å²) in [5, 5.41) is 3.59. The molecule has 0 spiro atoms. The van der Waals surface area contributed by atoms with Crippen LogP contribution in [0, 0.1) is 0 Å². The average molecular weight is 331 g/mol. The third-order valence-corrected chi connectivity index (χ3v) is 5.37. The highest BCUT2D eigenvalue weighted by atomic mass is 79.9. The highest BCUT2D eigenvalue weighted by molar-refractivity contribution is 9.11. The number of thiophene rings is 1. The van der Waals surface area contributed by atoms with Gasteiger partial charge >= 0.3 is 0 Å². The summed E-state index contributed by atoms with van der Waals surface area (Å²) < 4.78 is 7.19. The van der Waals surface area contributed by atoms with E-state index in [2.05, 4.69) is 45.3 Å². The standard InChI is InChI=1S/C13H19BrN2OS/c1-16-6-7-17-10(8-15-9-2-3-9)13(16)11-4-5-12(14)18-11/h4-5,9-10,13,15H,2-3,6-8H2,1H3. The minimum absolute atomic E-state index is 0.273. The molecule has 0 aromatic carbocycles. The Hall–Kier alpha value is 0.0600. The molecule has 0 radical (unpaired) electrons. The number of morpholine rings is 1. The first-order valence-corrected chi connectivity index (χ1v) is 8.15. The van der Waals surface area contributed by atoms with Gasteiger partial charge in [0.25, 0.3) is 0 Å². The van der Waals surface area contributed by atoms with Crippen LogP contribution >= 0.6 is 27.3 Å². The van der Waals surface area contributed by atoms with Crippen molar-refractivity contribution in [1.29, 1.82) is 0 Å². The monoisotopic (exact) mass is 330 g/mol. The zero-order valence-corrected chi connectivity index (χ0v) is 13.0. The molecule has 2 heterocycles. The first-order valence-electron chi connectivity index (χ1n) is 6.54. The minimum atomic E-state index is 0.273. The number of nitrogens with one attached hydrogen (secondary N) is 1. The molecule has 2 atom stereocenters. The Labute approximate surface area is 121 Å². The van der Waals surface area contributed by atoms with E-state index >= 15 is 0 Å². The Morgan fingerprint density at radius 2 is 2.33 bits per heavy atom. The van der Waals surface area contributed by atoms with Crippen molar-refractivity contribution in [3.63, 3.8) is 0 Å². The number of rotatable bonds is 4. The van der Waals surface area contributed by atoms with Crippen LogP contribution in [0.1, 0.15) is 23.8 Å². The van der Waals surface area contributed by atoms with Gasteiger partial charge in [0.1, 0.15) is 0 Å². The van der Waals surface area contributed by atoms with Crippen molar-refractivity contribution >= 4 is 27.3 Å². The summed E-state index contributed by atoms with van der Waals surface area (Å²) in [7, 11) is 2.20. The van der Waals surface area contributed by atoms with Gasteiger partial charge < -0.3 is 10.1 Å². The number of hydrogen-bond donors (Lipinski definition) is 1. The van der Waals surface area contributed by atoms with Gasteiger partial charge in [0.15, 0.2) is 0 Å². The normalized spacial score (nSPS) is 29.7. The fourth-order valence-electron chi connectivity index (χ4n) is 2.49. The third-order valence-electron chi connectivity index (χ3n) is 3.67. The molecular formula is C13H19BrN2OS. The molecule has 0 amide bonds. The van der Waals surface area contributed by atoms with E-state index < -0.39 is 0 Å². The Kier molecular flexibility index (Phi) is 4.06. The minimum Gasteiger partial charge on any atom is -0.374 e. The maximum atomic E-state index is 5.99. The number of nitrogens with zero attached hydrogens (tertiary/aromatic N) is 1. The van der Waals surface area contributed by atoms with Crippen molar-refractivity contribution in [2.75, 3.05) is 26.7 Å². The van der Waals surface area contributed by atoms with Crippen LogP contribution in [-0.4, -0.2) is 43.8 Å². The summed E-state index contributed by atoms with van der Waals surface area (Å²) in [6.45, 7) is 2.83. The van der Waals surface area contributed by atoms with Crippen LogP contribution < -0.4 is 5.32 Å². The molecule has 2 unspecified atom stereocenters. The van der Waals surface area contributed by atoms with Crippen LogP contribution in [-0.2, 0) is 4.74 Å². The van der Waals surface area contributed by atoms with Gasteiger partial charge in [-0.3, -0.25) is 4.90 Å². The summed E-state index contributed by atoms with van der Waals surface area (Å²) in [6.07, 6.45) is 2.94. The number of hydrogen-bond acceptors (Lipinski definition) is 4. The molecule has 1 saturated heterocycles. The third kappa shape index (κ3) is 2.96. The maximum absolute atomic E-state index is 5.99. The molecule has 2 fully saturated rings. The van der Waals surface area contributed by atoms with E-state index in [0.717, 1.165) is 25.7 Å². The molecule has 1 aromatic heterocycles. The van der Waals surface area contributed by atoms with E-state index in [0.29, 0.717) is 6.04 Å². The second kappa shape index (κ2) is 5.59. The van der Waals surface area contributed by atoms with Gasteiger partial charge in [-0.1, -0.05) is 0 Å². The van der Waals surface area contributed by atoms with E-state index in [1.165, 1.54) is 21.5 Å². The first-order chi connectivity index (χ1) is 8.74. The van der Waals surface area contributed by atoms with Gasteiger partial charge in [0.2, 0.25) is 0 Å². The van der Waals surface area contributed by atoms with Crippen molar-refractivity contribution in [2.45, 2.75) is 31.0 Å². The lowest BCUT2D eigenvalue weighted by atomic mass is 10.1. The molecule has 1 aromatic rings. The molecule has 1 N–H and O–H groups in total. The average Bonchev–Trinajstić information content (AvgIpc) is 3.09. The largest absolute Gasteiger partial charge is 0.374 e. The lowest BCUT2D eigenvalue weighted by Crippen LogP contribution is -2.47. The Balaban J connectivity index is 1.71. The molecule has 3 rings (SSSR count). The van der Waals surface area contributed by atoms with Crippen LogP contribution in [0.15, 0.2) is 15.9 Å². The van der Waals surface area contributed by atoms with Crippen molar-refractivity contribution in [3.8, 4) is 0 Å². The second-order valence-corrected chi connectivity index (χ2v) is 7.65. The molecule has 2 aliphatic rings. The van der Waals surface area contributed by atoms with Crippen molar-refractivity contribution < 1.29 is 4.74 Å². The van der Waals surface area contributed by atoms with Gasteiger partial charge in [-0.25, -0.2) is 0 Å². The molecule has 100 valence electrons. The second-order valence-electron chi connectivity index (χ2n) is 5.16. The topological polar surface area (TPSA) is 24.5 Å². The summed E-state index contributed by atoms with van der Waals surface area (Å²) >= 11 is 5.37. The Morgan fingerprint density at radius 3 is 3.00 bits per heavy atom. The van der Waals surface area contributed by atoms with E-state index in [4.69, 9.17) is 4.74 Å². The lowest BCUT2D eigenvalue weighted by molar-refractivity contribution is -0.0603. The van der Waals surface area contributed by atoms with Gasteiger partial charge in [0.05, 0.1) is 22.5 Å². The quantitative estimate of drug-likeness (QED) is 0.918. The van der Waals surface area contributed by atoms with Gasteiger partial charge in [0, 0.05) is 24.0 Å². The zero-order valence-electron chi connectivity index (χ0n) is 10.6. The van der Waals surface area contributed by atoms with E-state index in [-0.39, 0.29) is 6.10 Å². The molecule has 1 aliphatic heterocycles. The molecule has 1 aliphatic carbocycles. The highest BCUT2D eigenvalue weighted by Crippen LogP contribution is 2.35. The summed E-state index contributed by atoms with van der Waals surface area (Å²) in [5.41, 5.74) is 0. The van der Waals surface area contributed by atoms with E-state index in [9.17, 15) is 0 Å². The molecule has 0 bridgehead atoms.